The SMILES string of the molecule is CCC(C)(C)n1nnnc1[C@H](c1cccc(F)c1)N1CCN(c2ccccc2OC)CC1. The Kier molecular flexibility index (Phi) is 6.41. The molecule has 0 bridgehead atoms. The first-order valence-corrected chi connectivity index (χ1v) is 11.1. The van der Waals surface area contributed by atoms with Gasteiger partial charge in [-0.3, -0.25) is 4.90 Å². The lowest BCUT2D eigenvalue weighted by molar-refractivity contribution is 0.186. The van der Waals surface area contributed by atoms with Crippen LogP contribution in [-0.4, -0.2) is 58.4 Å². The Morgan fingerprint density at radius 1 is 1.06 bits per heavy atom. The molecule has 0 aliphatic carbocycles. The average molecular weight is 439 g/mol. The Balaban J connectivity index is 1.65. The number of methoxy groups -OCH3 is 1. The molecule has 0 N–H and O–H groups in total. The minimum absolute atomic E-state index is 0.230. The number of aromatic nitrogens is 4. The second-order valence-corrected chi connectivity index (χ2v) is 8.77. The average Bonchev–Trinajstić information content (AvgIpc) is 3.30. The fourth-order valence-corrected chi connectivity index (χ4v) is 4.26. The highest BCUT2D eigenvalue weighted by molar-refractivity contribution is 5.58. The number of piperazine rings is 1. The second kappa shape index (κ2) is 9.24. The standard InChI is InChI=1S/C24H31FN6O/c1-5-24(2,3)31-23(26-27-28-31)22(18-9-8-10-19(25)17-18)30-15-13-29(14-16-30)20-11-6-7-12-21(20)32-4/h6-12,17,22H,5,13-16H2,1-4H3/t22-/m0/s1. The highest BCUT2D eigenvalue weighted by atomic mass is 19.1. The van der Waals surface area contributed by atoms with Crippen molar-refractivity contribution in [3.63, 3.8) is 0 Å². The molecule has 0 unspecified atom stereocenters. The van der Waals surface area contributed by atoms with E-state index in [1.807, 2.05) is 28.9 Å². The van der Waals surface area contributed by atoms with Gasteiger partial charge in [0.15, 0.2) is 5.82 Å². The molecule has 0 saturated carbocycles. The number of benzene rings is 2. The number of para-hydroxylation sites is 2. The van der Waals surface area contributed by atoms with E-state index >= 15 is 0 Å². The summed E-state index contributed by atoms with van der Waals surface area (Å²) in [6.07, 6.45) is 0.877. The summed E-state index contributed by atoms with van der Waals surface area (Å²) >= 11 is 0. The van der Waals surface area contributed by atoms with Crippen molar-refractivity contribution >= 4 is 5.69 Å². The maximum absolute atomic E-state index is 14.2. The Bertz CT molecular complexity index is 1040. The van der Waals surface area contributed by atoms with Gasteiger partial charge in [0.25, 0.3) is 0 Å². The molecule has 1 fully saturated rings. The molecular formula is C24H31FN6O. The number of halogens is 1. The van der Waals surface area contributed by atoms with Crippen LogP contribution >= 0.6 is 0 Å². The minimum atomic E-state index is -0.256. The van der Waals surface area contributed by atoms with Crippen LogP contribution in [0.1, 0.15) is 44.6 Å². The van der Waals surface area contributed by atoms with Crippen LogP contribution in [0.2, 0.25) is 0 Å². The molecule has 2 heterocycles. The largest absolute Gasteiger partial charge is 0.495 e. The van der Waals surface area contributed by atoms with E-state index in [2.05, 4.69) is 52.2 Å². The Labute approximate surface area is 188 Å². The lowest BCUT2D eigenvalue weighted by Gasteiger charge is -2.40. The molecule has 1 aliphatic rings. The molecule has 4 rings (SSSR count). The number of rotatable bonds is 7. The summed E-state index contributed by atoms with van der Waals surface area (Å²) < 4.78 is 21.7. The van der Waals surface area contributed by atoms with E-state index in [0.717, 1.165) is 55.4 Å². The third-order valence-electron chi connectivity index (χ3n) is 6.45. The number of hydrogen-bond donors (Lipinski definition) is 0. The first-order valence-electron chi connectivity index (χ1n) is 11.1. The third-order valence-corrected chi connectivity index (χ3v) is 6.45. The van der Waals surface area contributed by atoms with Crippen LogP contribution in [0.25, 0.3) is 0 Å². The number of ether oxygens (including phenoxy) is 1. The fraction of sp³-hybridized carbons (Fsp3) is 0.458. The molecule has 1 aromatic heterocycles. The molecule has 32 heavy (non-hydrogen) atoms. The molecule has 2 aromatic carbocycles. The van der Waals surface area contributed by atoms with Crippen LogP contribution in [-0.2, 0) is 5.54 Å². The van der Waals surface area contributed by atoms with Crippen molar-refractivity contribution in [1.29, 1.82) is 0 Å². The van der Waals surface area contributed by atoms with Gasteiger partial charge < -0.3 is 9.64 Å². The van der Waals surface area contributed by atoms with E-state index in [1.165, 1.54) is 6.07 Å². The van der Waals surface area contributed by atoms with Crippen molar-refractivity contribution in [2.45, 2.75) is 38.8 Å². The summed E-state index contributed by atoms with van der Waals surface area (Å²) in [5.74, 6) is 1.36. The number of nitrogens with zero attached hydrogens (tertiary/aromatic N) is 6. The lowest BCUT2D eigenvalue weighted by atomic mass is 9.99. The first-order chi connectivity index (χ1) is 15.4. The first kappa shape index (κ1) is 22.2. The molecule has 1 aliphatic heterocycles. The normalized spacial score (nSPS) is 16.2. The zero-order valence-electron chi connectivity index (χ0n) is 19.2. The molecule has 1 atom stereocenters. The van der Waals surface area contributed by atoms with Crippen molar-refractivity contribution in [3.8, 4) is 5.75 Å². The zero-order valence-corrected chi connectivity index (χ0v) is 19.2. The van der Waals surface area contributed by atoms with E-state index < -0.39 is 0 Å². The summed E-state index contributed by atoms with van der Waals surface area (Å²) in [6.45, 7) is 9.59. The zero-order chi connectivity index (χ0) is 22.7. The maximum atomic E-state index is 14.2. The van der Waals surface area contributed by atoms with Gasteiger partial charge in [-0.05, 0) is 60.5 Å². The molecule has 7 nitrogen and oxygen atoms in total. The van der Waals surface area contributed by atoms with E-state index in [1.54, 1.807) is 19.2 Å². The highest BCUT2D eigenvalue weighted by Crippen LogP contribution is 2.34. The Morgan fingerprint density at radius 3 is 2.50 bits per heavy atom. The molecule has 0 spiro atoms. The molecular weight excluding hydrogens is 407 g/mol. The summed E-state index contributed by atoms with van der Waals surface area (Å²) in [5, 5.41) is 12.7. The van der Waals surface area contributed by atoms with E-state index in [4.69, 9.17) is 4.74 Å². The van der Waals surface area contributed by atoms with Gasteiger partial charge in [-0.2, -0.15) is 0 Å². The number of anilines is 1. The predicted octanol–water partition coefficient (Wildman–Crippen LogP) is 3.88. The van der Waals surface area contributed by atoms with Crippen LogP contribution in [0.3, 0.4) is 0 Å². The second-order valence-electron chi connectivity index (χ2n) is 8.77. The quantitative estimate of drug-likeness (QED) is 0.558. The summed E-state index contributed by atoms with van der Waals surface area (Å²) in [4.78, 5) is 4.67. The van der Waals surface area contributed by atoms with Crippen LogP contribution in [0, 0.1) is 5.82 Å². The summed E-state index contributed by atoms with van der Waals surface area (Å²) in [6, 6.07) is 14.6. The van der Waals surface area contributed by atoms with Crippen molar-refractivity contribution in [1.82, 2.24) is 25.1 Å². The summed E-state index contributed by atoms with van der Waals surface area (Å²) in [7, 11) is 1.70. The van der Waals surface area contributed by atoms with Crippen LogP contribution < -0.4 is 9.64 Å². The lowest BCUT2D eigenvalue weighted by Crippen LogP contribution is -2.49. The highest BCUT2D eigenvalue weighted by Gasteiger charge is 2.34. The third kappa shape index (κ3) is 4.32. The Morgan fingerprint density at radius 2 is 1.81 bits per heavy atom. The van der Waals surface area contributed by atoms with Gasteiger partial charge in [-0.15, -0.1) is 5.10 Å². The predicted molar refractivity (Wildman–Crippen MR) is 122 cm³/mol. The Hall–Kier alpha value is -3.00. The molecule has 0 radical (unpaired) electrons. The number of tetrazole rings is 1. The smallest absolute Gasteiger partial charge is 0.173 e. The van der Waals surface area contributed by atoms with Crippen molar-refractivity contribution in [2.24, 2.45) is 0 Å². The summed E-state index contributed by atoms with van der Waals surface area (Å²) in [5.41, 5.74) is 1.71. The number of hydrogen-bond acceptors (Lipinski definition) is 6. The topological polar surface area (TPSA) is 59.3 Å². The van der Waals surface area contributed by atoms with Crippen LogP contribution in [0.4, 0.5) is 10.1 Å². The van der Waals surface area contributed by atoms with Gasteiger partial charge in [0.1, 0.15) is 11.6 Å². The molecule has 3 aromatic rings. The van der Waals surface area contributed by atoms with Crippen LogP contribution in [0.15, 0.2) is 48.5 Å². The van der Waals surface area contributed by atoms with Gasteiger partial charge in [0.05, 0.1) is 24.4 Å². The van der Waals surface area contributed by atoms with Gasteiger partial charge in [-0.25, -0.2) is 9.07 Å². The fourth-order valence-electron chi connectivity index (χ4n) is 4.26. The van der Waals surface area contributed by atoms with E-state index in [9.17, 15) is 4.39 Å². The maximum Gasteiger partial charge on any atom is 0.173 e. The van der Waals surface area contributed by atoms with Crippen molar-refractivity contribution in [3.05, 3.63) is 65.7 Å². The van der Waals surface area contributed by atoms with Gasteiger partial charge >= 0.3 is 0 Å². The monoisotopic (exact) mass is 438 g/mol. The van der Waals surface area contributed by atoms with Gasteiger partial charge in [-0.1, -0.05) is 31.2 Å². The minimum Gasteiger partial charge on any atom is -0.495 e. The van der Waals surface area contributed by atoms with Gasteiger partial charge in [0.2, 0.25) is 0 Å². The van der Waals surface area contributed by atoms with Gasteiger partial charge in [0, 0.05) is 26.2 Å². The van der Waals surface area contributed by atoms with E-state index in [-0.39, 0.29) is 17.4 Å². The van der Waals surface area contributed by atoms with Crippen molar-refractivity contribution in [2.75, 3.05) is 38.2 Å². The molecule has 8 heteroatoms. The molecule has 0 amide bonds. The molecule has 170 valence electrons. The molecule has 1 saturated heterocycles. The van der Waals surface area contributed by atoms with E-state index in [0.29, 0.717) is 0 Å². The van der Waals surface area contributed by atoms with Crippen molar-refractivity contribution < 1.29 is 9.13 Å². The van der Waals surface area contributed by atoms with Crippen LogP contribution in [0.5, 0.6) is 5.75 Å².